The summed E-state index contributed by atoms with van der Waals surface area (Å²) in [6, 6.07) is 5.36. The van der Waals surface area contributed by atoms with Gasteiger partial charge in [-0.25, -0.2) is 0 Å². The second kappa shape index (κ2) is 5.37. The molecule has 0 atom stereocenters. The first-order chi connectivity index (χ1) is 8.65. The number of fused-ring (bicyclic) bond motifs is 1. The van der Waals surface area contributed by atoms with Crippen molar-refractivity contribution in [2.45, 2.75) is 18.9 Å². The number of aryl methyl sites for hydroxylation is 1. The third-order valence-corrected chi connectivity index (χ3v) is 3.23. The average molecular weight is 250 g/mol. The Morgan fingerprint density at radius 2 is 2.06 bits per heavy atom. The van der Waals surface area contributed by atoms with E-state index in [1.54, 1.807) is 11.9 Å². The molecule has 1 aliphatic rings. The molecule has 0 fully saturated rings. The van der Waals surface area contributed by atoms with E-state index in [0.717, 1.165) is 23.4 Å². The Hall–Kier alpha value is -1.59. The minimum atomic E-state index is -0.356. The number of carbonyl (C=O) groups excluding carboxylic acids is 1. The predicted octanol–water partition coefficient (Wildman–Crippen LogP) is 0.361. The van der Waals surface area contributed by atoms with E-state index in [2.05, 4.69) is 5.32 Å². The van der Waals surface area contributed by atoms with Gasteiger partial charge in [0.05, 0.1) is 19.3 Å². The molecule has 2 rings (SSSR count). The van der Waals surface area contributed by atoms with Crippen LogP contribution in [0.4, 0.5) is 11.4 Å². The molecule has 98 valence electrons. The molecule has 1 aliphatic heterocycles. The van der Waals surface area contributed by atoms with Crippen molar-refractivity contribution in [2.75, 3.05) is 30.5 Å². The summed E-state index contributed by atoms with van der Waals surface area (Å²) < 4.78 is 0. The molecule has 0 saturated carbocycles. The lowest BCUT2D eigenvalue weighted by Crippen LogP contribution is -2.31. The minimum Gasteiger partial charge on any atom is -0.394 e. The monoisotopic (exact) mass is 250 g/mol. The molecule has 1 aromatic rings. The van der Waals surface area contributed by atoms with Crippen molar-refractivity contribution < 1.29 is 15.0 Å². The van der Waals surface area contributed by atoms with Gasteiger partial charge in [0.2, 0.25) is 5.91 Å². The molecule has 0 spiro atoms. The van der Waals surface area contributed by atoms with Gasteiger partial charge in [-0.2, -0.15) is 0 Å². The van der Waals surface area contributed by atoms with Gasteiger partial charge in [-0.1, -0.05) is 0 Å². The number of hydrogen-bond acceptors (Lipinski definition) is 4. The van der Waals surface area contributed by atoms with Crippen LogP contribution < -0.4 is 10.2 Å². The second-order valence-corrected chi connectivity index (χ2v) is 4.50. The van der Waals surface area contributed by atoms with E-state index in [-0.39, 0.29) is 25.2 Å². The lowest BCUT2D eigenvalue weighted by Gasteiger charge is -2.26. The Kier molecular flexibility index (Phi) is 3.84. The van der Waals surface area contributed by atoms with E-state index < -0.39 is 0 Å². The molecule has 0 unspecified atom stereocenters. The maximum atomic E-state index is 11.6. The summed E-state index contributed by atoms with van der Waals surface area (Å²) >= 11 is 0. The van der Waals surface area contributed by atoms with Crippen LogP contribution in [0, 0.1) is 0 Å². The zero-order chi connectivity index (χ0) is 13.1. The van der Waals surface area contributed by atoms with Crippen LogP contribution >= 0.6 is 0 Å². The minimum absolute atomic E-state index is 0.119. The molecule has 5 heteroatoms. The first-order valence-electron chi connectivity index (χ1n) is 6.03. The molecule has 0 aliphatic carbocycles. The van der Waals surface area contributed by atoms with Crippen molar-refractivity contribution in [1.29, 1.82) is 0 Å². The van der Waals surface area contributed by atoms with Gasteiger partial charge in [-0.3, -0.25) is 4.79 Å². The van der Waals surface area contributed by atoms with Crippen LogP contribution in [-0.4, -0.2) is 42.4 Å². The second-order valence-electron chi connectivity index (χ2n) is 4.50. The number of hydrogen-bond donors (Lipinski definition) is 3. The quantitative estimate of drug-likeness (QED) is 0.721. The number of aliphatic hydroxyl groups is 2. The maximum absolute atomic E-state index is 11.6. The third kappa shape index (κ3) is 2.47. The van der Waals surface area contributed by atoms with Crippen LogP contribution in [0.15, 0.2) is 18.2 Å². The van der Waals surface area contributed by atoms with Gasteiger partial charge in [0, 0.05) is 24.8 Å². The molecule has 1 amide bonds. The Morgan fingerprint density at radius 1 is 1.33 bits per heavy atom. The van der Waals surface area contributed by atoms with Crippen molar-refractivity contribution in [3.8, 4) is 0 Å². The molecule has 18 heavy (non-hydrogen) atoms. The van der Waals surface area contributed by atoms with Crippen molar-refractivity contribution in [3.63, 3.8) is 0 Å². The highest BCUT2D eigenvalue weighted by Gasteiger charge is 2.20. The number of nitrogens with zero attached hydrogens (tertiary/aromatic N) is 1. The number of benzene rings is 1. The zero-order valence-corrected chi connectivity index (χ0v) is 10.4. The number of anilines is 2. The number of nitrogens with one attached hydrogen (secondary N) is 1. The van der Waals surface area contributed by atoms with E-state index >= 15 is 0 Å². The SMILES string of the molecule is CN1C(=O)CCc2cc(NC(CO)CO)ccc21. The van der Waals surface area contributed by atoms with Crippen LogP contribution in [0.25, 0.3) is 0 Å². The van der Waals surface area contributed by atoms with Gasteiger partial charge in [0.25, 0.3) is 0 Å². The van der Waals surface area contributed by atoms with Gasteiger partial charge in [-0.05, 0) is 30.2 Å². The molecule has 0 bridgehead atoms. The van der Waals surface area contributed by atoms with Crippen LogP contribution in [0.1, 0.15) is 12.0 Å². The first kappa shape index (κ1) is 12.9. The molecule has 5 nitrogen and oxygen atoms in total. The molecule has 3 N–H and O–H groups in total. The number of aliphatic hydroxyl groups excluding tert-OH is 2. The Labute approximate surface area is 106 Å². The zero-order valence-electron chi connectivity index (χ0n) is 10.4. The summed E-state index contributed by atoms with van der Waals surface area (Å²) in [5.41, 5.74) is 2.89. The third-order valence-electron chi connectivity index (χ3n) is 3.23. The lowest BCUT2D eigenvalue weighted by atomic mass is 10.0. The normalized spacial score (nSPS) is 14.9. The average Bonchev–Trinajstić information content (AvgIpc) is 2.40. The maximum Gasteiger partial charge on any atom is 0.227 e. The smallest absolute Gasteiger partial charge is 0.227 e. The molecule has 0 saturated heterocycles. The number of carbonyl (C=O) groups is 1. The fourth-order valence-electron chi connectivity index (χ4n) is 2.13. The Morgan fingerprint density at radius 3 is 2.72 bits per heavy atom. The fraction of sp³-hybridized carbons (Fsp3) is 0.462. The number of rotatable bonds is 4. The highest BCUT2D eigenvalue weighted by Crippen LogP contribution is 2.29. The number of amides is 1. The van der Waals surface area contributed by atoms with Gasteiger partial charge >= 0.3 is 0 Å². The van der Waals surface area contributed by atoms with Crippen molar-refractivity contribution in [1.82, 2.24) is 0 Å². The van der Waals surface area contributed by atoms with E-state index in [0.29, 0.717) is 6.42 Å². The lowest BCUT2D eigenvalue weighted by molar-refractivity contribution is -0.118. The molecule has 1 heterocycles. The first-order valence-corrected chi connectivity index (χ1v) is 6.03. The molecular formula is C13H18N2O3. The fourth-order valence-corrected chi connectivity index (χ4v) is 2.13. The van der Waals surface area contributed by atoms with Crippen molar-refractivity contribution >= 4 is 17.3 Å². The van der Waals surface area contributed by atoms with E-state index in [4.69, 9.17) is 10.2 Å². The summed E-state index contributed by atoms with van der Waals surface area (Å²) in [4.78, 5) is 13.2. The summed E-state index contributed by atoms with van der Waals surface area (Å²) in [6.07, 6.45) is 1.26. The highest BCUT2D eigenvalue weighted by atomic mass is 16.3. The highest BCUT2D eigenvalue weighted by molar-refractivity contribution is 5.96. The molecule has 0 radical (unpaired) electrons. The van der Waals surface area contributed by atoms with Crippen molar-refractivity contribution in [3.05, 3.63) is 23.8 Å². The van der Waals surface area contributed by atoms with E-state index in [9.17, 15) is 4.79 Å². The van der Waals surface area contributed by atoms with Crippen LogP contribution in [0.3, 0.4) is 0 Å². The van der Waals surface area contributed by atoms with Gasteiger partial charge < -0.3 is 20.4 Å². The van der Waals surface area contributed by atoms with Crippen LogP contribution in [0.5, 0.6) is 0 Å². The summed E-state index contributed by atoms with van der Waals surface area (Å²) in [5, 5.41) is 21.1. The summed E-state index contributed by atoms with van der Waals surface area (Å²) in [5.74, 6) is 0.131. The molecular weight excluding hydrogens is 232 g/mol. The Bertz CT molecular complexity index is 444. The van der Waals surface area contributed by atoms with Gasteiger partial charge in [0.15, 0.2) is 0 Å². The van der Waals surface area contributed by atoms with Gasteiger partial charge in [-0.15, -0.1) is 0 Å². The standard InChI is InChI=1S/C13H18N2O3/c1-15-12-4-3-10(14-11(7-16)8-17)6-9(12)2-5-13(15)18/h3-4,6,11,14,16-17H,2,5,7-8H2,1H3. The van der Waals surface area contributed by atoms with Gasteiger partial charge in [0.1, 0.15) is 0 Å². The summed E-state index contributed by atoms with van der Waals surface area (Å²) in [7, 11) is 1.78. The van der Waals surface area contributed by atoms with Crippen LogP contribution in [0.2, 0.25) is 0 Å². The predicted molar refractivity (Wildman–Crippen MR) is 69.8 cm³/mol. The topological polar surface area (TPSA) is 72.8 Å². The molecule has 0 aromatic heterocycles. The Balaban J connectivity index is 2.20. The van der Waals surface area contributed by atoms with Crippen LogP contribution in [-0.2, 0) is 11.2 Å². The van der Waals surface area contributed by atoms with E-state index in [1.807, 2.05) is 18.2 Å². The summed E-state index contributed by atoms with van der Waals surface area (Å²) in [6.45, 7) is -0.238. The van der Waals surface area contributed by atoms with E-state index in [1.165, 1.54) is 0 Å². The largest absolute Gasteiger partial charge is 0.394 e. The van der Waals surface area contributed by atoms with Crippen molar-refractivity contribution in [2.24, 2.45) is 0 Å². The molecule has 1 aromatic carbocycles.